The lowest BCUT2D eigenvalue weighted by Crippen LogP contribution is -2.23. The van der Waals surface area contributed by atoms with Crippen LogP contribution >= 0.6 is 11.3 Å². The number of aromatic nitrogens is 1. The minimum atomic E-state index is -1.10. The van der Waals surface area contributed by atoms with E-state index in [-0.39, 0.29) is 26.4 Å². The van der Waals surface area contributed by atoms with Crippen molar-refractivity contribution in [1.29, 1.82) is 0 Å². The highest BCUT2D eigenvalue weighted by Gasteiger charge is 2.26. The van der Waals surface area contributed by atoms with E-state index in [4.69, 9.17) is 0 Å². The summed E-state index contributed by atoms with van der Waals surface area (Å²) in [5, 5.41) is 20.6. The monoisotopic (exact) mass is 397 g/mol. The lowest BCUT2D eigenvalue weighted by atomic mass is 10.1. The predicted octanol–water partition coefficient (Wildman–Crippen LogP) is 1.81. The number of carboxylic acids is 1. The van der Waals surface area contributed by atoms with Crippen molar-refractivity contribution >= 4 is 39.6 Å². The van der Waals surface area contributed by atoms with Crippen molar-refractivity contribution in [3.8, 4) is 5.88 Å². The summed E-state index contributed by atoms with van der Waals surface area (Å²) in [5.41, 5.74) is 0.498. The molecular formula is C19H12FN3O4S. The zero-order chi connectivity index (χ0) is 20.0. The number of hydrogen-bond acceptors (Lipinski definition) is 6. The third-order valence-electron chi connectivity index (χ3n) is 4.27. The van der Waals surface area contributed by atoms with Gasteiger partial charge >= 0.3 is 5.97 Å². The topological polar surface area (TPSA) is 103 Å². The Kier molecular flexibility index (Phi) is 4.16. The molecule has 0 bridgehead atoms. The molecule has 0 saturated heterocycles. The Morgan fingerprint density at radius 2 is 1.96 bits per heavy atom. The quantitative estimate of drug-likeness (QED) is 0.696. The number of hydrogen-bond donors (Lipinski definition) is 2. The van der Waals surface area contributed by atoms with Crippen LogP contribution in [0.4, 0.5) is 15.2 Å². The van der Waals surface area contributed by atoms with Crippen molar-refractivity contribution in [3.63, 3.8) is 0 Å². The first-order valence-corrected chi connectivity index (χ1v) is 8.87. The van der Waals surface area contributed by atoms with Crippen LogP contribution in [0.5, 0.6) is 5.88 Å². The SMILES string of the molecule is CN(c1nc(O)c(C2=c3cc(F)ccc3=NC2=O)s1)c1ccccc1C(=O)O. The first kappa shape index (κ1) is 17.8. The number of carbonyl (C=O) groups is 2. The van der Waals surface area contributed by atoms with Crippen LogP contribution in [0.1, 0.15) is 15.2 Å². The Balaban J connectivity index is 1.85. The summed E-state index contributed by atoms with van der Waals surface area (Å²) in [7, 11) is 1.60. The lowest BCUT2D eigenvalue weighted by molar-refractivity contribution is -0.112. The molecule has 4 rings (SSSR count). The first-order chi connectivity index (χ1) is 13.4. The van der Waals surface area contributed by atoms with Gasteiger partial charge in [-0.05, 0) is 30.3 Å². The first-order valence-electron chi connectivity index (χ1n) is 8.06. The Bertz CT molecular complexity index is 1270. The standard InChI is InChI=1S/C19H12FN3O4S/c1-23(13-5-3-2-4-10(13)18(26)27)19-22-17(25)15(28-19)14-11-8-9(20)6-7-12(11)21-16(14)24/h2-8,25H,1H3,(H,26,27). The predicted molar refractivity (Wildman–Crippen MR) is 99.9 cm³/mol. The molecular weight excluding hydrogens is 385 g/mol. The fourth-order valence-electron chi connectivity index (χ4n) is 2.96. The van der Waals surface area contributed by atoms with Crippen molar-refractivity contribution in [2.45, 2.75) is 0 Å². The second-order valence-electron chi connectivity index (χ2n) is 5.98. The number of amides is 1. The van der Waals surface area contributed by atoms with Gasteiger partial charge in [-0.25, -0.2) is 14.2 Å². The molecule has 0 radical (unpaired) electrons. The molecule has 2 heterocycles. The molecule has 0 fully saturated rings. The molecule has 0 atom stereocenters. The number of benzene rings is 2. The fraction of sp³-hybridized carbons (Fsp3) is 0.0526. The van der Waals surface area contributed by atoms with Crippen LogP contribution in [0.25, 0.3) is 5.57 Å². The average Bonchev–Trinajstić information content (AvgIpc) is 3.19. The van der Waals surface area contributed by atoms with Gasteiger partial charge in [0.1, 0.15) is 10.7 Å². The maximum absolute atomic E-state index is 13.6. The van der Waals surface area contributed by atoms with Gasteiger partial charge in [0.25, 0.3) is 5.91 Å². The number of anilines is 2. The van der Waals surface area contributed by atoms with Crippen molar-refractivity contribution in [1.82, 2.24) is 4.98 Å². The highest BCUT2D eigenvalue weighted by molar-refractivity contribution is 7.17. The van der Waals surface area contributed by atoms with E-state index in [1.165, 1.54) is 29.2 Å². The molecule has 3 aromatic rings. The van der Waals surface area contributed by atoms with Crippen LogP contribution in [0, 0.1) is 5.82 Å². The molecule has 0 aliphatic carbocycles. The van der Waals surface area contributed by atoms with Crippen molar-refractivity contribution in [3.05, 3.63) is 69.3 Å². The summed E-state index contributed by atoms with van der Waals surface area (Å²) < 4.78 is 13.6. The molecule has 1 aliphatic heterocycles. The Morgan fingerprint density at radius 1 is 1.21 bits per heavy atom. The third-order valence-corrected chi connectivity index (χ3v) is 5.41. The van der Waals surface area contributed by atoms with E-state index in [1.54, 1.807) is 25.2 Å². The summed E-state index contributed by atoms with van der Waals surface area (Å²) in [6.07, 6.45) is 0. The number of rotatable bonds is 4. The smallest absolute Gasteiger partial charge is 0.337 e. The molecule has 9 heteroatoms. The molecule has 0 saturated carbocycles. The number of aromatic hydroxyl groups is 1. The van der Waals surface area contributed by atoms with Crippen molar-refractivity contribution < 1.29 is 24.2 Å². The summed E-state index contributed by atoms with van der Waals surface area (Å²) >= 11 is 0.985. The van der Waals surface area contributed by atoms with Gasteiger partial charge in [-0.15, -0.1) is 0 Å². The van der Waals surface area contributed by atoms with E-state index in [9.17, 15) is 24.2 Å². The van der Waals surface area contributed by atoms with Gasteiger partial charge < -0.3 is 15.1 Å². The Morgan fingerprint density at radius 3 is 2.71 bits per heavy atom. The maximum atomic E-state index is 13.6. The summed E-state index contributed by atoms with van der Waals surface area (Å²) in [6, 6.07) is 10.1. The molecule has 0 spiro atoms. The van der Waals surface area contributed by atoms with Gasteiger partial charge in [0, 0.05) is 12.3 Å². The van der Waals surface area contributed by atoms with Gasteiger partial charge in [-0.2, -0.15) is 4.98 Å². The van der Waals surface area contributed by atoms with Crippen LogP contribution in [0.2, 0.25) is 0 Å². The molecule has 1 amide bonds. The zero-order valence-electron chi connectivity index (χ0n) is 14.4. The van der Waals surface area contributed by atoms with Gasteiger partial charge in [0.15, 0.2) is 5.13 Å². The number of carboxylic acid groups (broad SMARTS) is 1. The molecule has 1 aliphatic rings. The third kappa shape index (κ3) is 2.81. The number of carbonyl (C=O) groups excluding carboxylic acids is 1. The molecule has 1 aromatic heterocycles. The molecule has 2 aromatic carbocycles. The van der Waals surface area contributed by atoms with E-state index in [0.29, 0.717) is 11.0 Å². The largest absolute Gasteiger partial charge is 0.492 e. The van der Waals surface area contributed by atoms with Gasteiger partial charge in [-0.3, -0.25) is 4.79 Å². The highest BCUT2D eigenvalue weighted by Crippen LogP contribution is 2.38. The average molecular weight is 397 g/mol. The normalized spacial score (nSPS) is 12.6. The molecule has 2 N–H and O–H groups in total. The van der Waals surface area contributed by atoms with Gasteiger partial charge in [-0.1, -0.05) is 23.5 Å². The minimum Gasteiger partial charge on any atom is -0.492 e. The Hall–Kier alpha value is -3.59. The van der Waals surface area contributed by atoms with Crippen LogP contribution < -0.4 is 15.5 Å². The van der Waals surface area contributed by atoms with Crippen molar-refractivity contribution in [2.24, 2.45) is 4.99 Å². The van der Waals surface area contributed by atoms with E-state index in [1.807, 2.05) is 0 Å². The second kappa shape index (κ2) is 6.54. The van der Waals surface area contributed by atoms with E-state index < -0.39 is 23.6 Å². The zero-order valence-corrected chi connectivity index (χ0v) is 15.2. The van der Waals surface area contributed by atoms with Crippen LogP contribution in [0.3, 0.4) is 0 Å². The van der Waals surface area contributed by atoms with E-state index in [0.717, 1.165) is 11.3 Å². The number of nitrogens with zero attached hydrogens (tertiary/aromatic N) is 3. The van der Waals surface area contributed by atoms with Gasteiger partial charge in [0.05, 0.1) is 22.2 Å². The number of para-hydroxylation sites is 1. The number of halogens is 1. The molecule has 140 valence electrons. The van der Waals surface area contributed by atoms with E-state index in [2.05, 4.69) is 9.98 Å². The second-order valence-corrected chi connectivity index (χ2v) is 6.96. The molecule has 28 heavy (non-hydrogen) atoms. The lowest BCUT2D eigenvalue weighted by Gasteiger charge is -2.17. The fourth-order valence-corrected chi connectivity index (χ4v) is 3.95. The Labute approximate surface area is 161 Å². The van der Waals surface area contributed by atoms with Crippen LogP contribution in [-0.4, -0.2) is 34.1 Å². The summed E-state index contributed by atoms with van der Waals surface area (Å²) in [5.74, 6) is -2.64. The van der Waals surface area contributed by atoms with Crippen molar-refractivity contribution in [2.75, 3.05) is 11.9 Å². The van der Waals surface area contributed by atoms with Crippen LogP contribution in [-0.2, 0) is 4.79 Å². The number of thiazole rings is 1. The number of fused-ring (bicyclic) bond motifs is 1. The summed E-state index contributed by atoms with van der Waals surface area (Å²) in [6.45, 7) is 0. The highest BCUT2D eigenvalue weighted by atomic mass is 32.1. The summed E-state index contributed by atoms with van der Waals surface area (Å²) in [4.78, 5) is 33.4. The van der Waals surface area contributed by atoms with Gasteiger partial charge in [0.2, 0.25) is 5.88 Å². The van der Waals surface area contributed by atoms with Crippen LogP contribution in [0.15, 0.2) is 47.5 Å². The molecule has 7 nitrogen and oxygen atoms in total. The molecule has 0 unspecified atom stereocenters. The number of aromatic carboxylic acids is 1. The minimum absolute atomic E-state index is 0.0632. The maximum Gasteiger partial charge on any atom is 0.337 e. The van der Waals surface area contributed by atoms with E-state index >= 15 is 0 Å².